The van der Waals surface area contributed by atoms with Crippen LogP contribution in [0, 0.1) is 6.92 Å². The average molecular weight is 451 g/mol. The number of rotatable bonds is 2. The number of pyridine rings is 2. The summed E-state index contributed by atoms with van der Waals surface area (Å²) in [5.41, 5.74) is 5.10. The number of aromatic nitrogens is 7. The molecule has 6 rings (SSSR count). The summed E-state index contributed by atoms with van der Waals surface area (Å²) >= 11 is 0. The van der Waals surface area contributed by atoms with Crippen LogP contribution in [0.2, 0.25) is 0 Å². The van der Waals surface area contributed by atoms with E-state index in [-0.39, 0.29) is 12.1 Å². The minimum absolute atomic E-state index is 0.258. The summed E-state index contributed by atoms with van der Waals surface area (Å²) in [7, 11) is 0. The molecule has 1 atom stereocenters. The molecule has 34 heavy (non-hydrogen) atoms. The second-order valence-corrected chi connectivity index (χ2v) is 8.28. The average Bonchev–Trinajstić information content (AvgIpc) is 3.45. The molecule has 0 radical (unpaired) electrons. The van der Waals surface area contributed by atoms with Gasteiger partial charge in [0.05, 0.1) is 41.4 Å². The number of hydrogen-bond donors (Lipinski definition) is 2. The highest BCUT2D eigenvalue weighted by Gasteiger charge is 2.21. The van der Waals surface area contributed by atoms with Crippen LogP contribution in [0.5, 0.6) is 0 Å². The Bertz CT molecular complexity index is 1510. The maximum Gasteiger partial charge on any atom is 0.320 e. The van der Waals surface area contributed by atoms with Gasteiger partial charge in [-0.3, -0.25) is 10.3 Å². The molecular formula is C24H21N9O. The molecule has 0 fully saturated rings. The van der Waals surface area contributed by atoms with Gasteiger partial charge in [-0.1, -0.05) is 35.5 Å². The molecule has 5 aromatic rings. The van der Waals surface area contributed by atoms with E-state index >= 15 is 0 Å². The molecule has 4 bridgehead atoms. The predicted octanol–water partition coefficient (Wildman–Crippen LogP) is 3.18. The van der Waals surface area contributed by atoms with Gasteiger partial charge in [0.15, 0.2) is 0 Å². The highest BCUT2D eigenvalue weighted by atomic mass is 16.2. The predicted molar refractivity (Wildman–Crippen MR) is 126 cm³/mol. The lowest BCUT2D eigenvalue weighted by Gasteiger charge is -2.19. The van der Waals surface area contributed by atoms with Crippen LogP contribution in [0.3, 0.4) is 0 Å². The fraction of sp³-hybridized carbons (Fsp3) is 0.167. The lowest BCUT2D eigenvalue weighted by atomic mass is 10.0. The molecule has 0 aliphatic carbocycles. The number of aryl methyl sites for hydroxylation is 1. The van der Waals surface area contributed by atoms with E-state index in [1.165, 1.54) is 0 Å². The number of hydrogen-bond acceptors (Lipinski definition) is 6. The Morgan fingerprint density at radius 3 is 2.85 bits per heavy atom. The molecule has 168 valence electrons. The Kier molecular flexibility index (Phi) is 4.76. The van der Waals surface area contributed by atoms with Crippen LogP contribution >= 0.6 is 0 Å². The van der Waals surface area contributed by atoms with Crippen molar-refractivity contribution in [2.75, 3.05) is 5.32 Å². The number of amides is 2. The van der Waals surface area contributed by atoms with Crippen molar-refractivity contribution in [1.82, 2.24) is 40.1 Å². The van der Waals surface area contributed by atoms with Crippen molar-refractivity contribution in [2.24, 2.45) is 0 Å². The molecule has 0 saturated carbocycles. The largest absolute Gasteiger partial charge is 0.331 e. The van der Waals surface area contributed by atoms with Gasteiger partial charge in [-0.05, 0) is 30.7 Å². The molecule has 2 N–H and O–H groups in total. The molecule has 0 saturated heterocycles. The SMILES string of the molecule is Cc1cc(-n2ncc3cc4nc(c32)Cn2cc(nn2)CC(c2ccccc2)NC(=O)N4)ccn1. The lowest BCUT2D eigenvalue weighted by molar-refractivity contribution is 0.248. The van der Waals surface area contributed by atoms with E-state index in [0.717, 1.165) is 39.2 Å². The number of carbonyl (C=O) groups excluding carboxylic acids is 1. The maximum atomic E-state index is 12.9. The number of fused-ring (bicyclic) bond motifs is 6. The number of anilines is 1. The Morgan fingerprint density at radius 2 is 2.00 bits per heavy atom. The summed E-state index contributed by atoms with van der Waals surface area (Å²) in [4.78, 5) is 22.0. The number of benzene rings is 1. The summed E-state index contributed by atoms with van der Waals surface area (Å²) in [6.45, 7) is 2.32. The van der Waals surface area contributed by atoms with E-state index in [9.17, 15) is 4.79 Å². The standard InChI is InChI=1S/C24H21N9O/c1-15-9-19(7-8-25-15)33-23-17(12-26-33)10-22-27-21(23)14-32-13-18(30-31-32)11-20(28-24(34)29-22)16-5-3-2-4-6-16/h2-10,12-13,20H,11,14H2,1H3,(H2,27,28,29,34). The number of nitrogens with zero attached hydrogens (tertiary/aromatic N) is 7. The second kappa shape index (κ2) is 8.07. The van der Waals surface area contributed by atoms with Gasteiger partial charge in [0.1, 0.15) is 5.82 Å². The third kappa shape index (κ3) is 3.75. The van der Waals surface area contributed by atoms with Gasteiger partial charge >= 0.3 is 6.03 Å². The molecular weight excluding hydrogens is 430 g/mol. The quantitative estimate of drug-likeness (QED) is 0.426. The molecule has 2 amide bonds. The summed E-state index contributed by atoms with van der Waals surface area (Å²) in [5, 5.41) is 20.1. The molecule has 0 spiro atoms. The van der Waals surface area contributed by atoms with Gasteiger partial charge in [0.2, 0.25) is 0 Å². The first-order chi connectivity index (χ1) is 16.6. The van der Waals surface area contributed by atoms with Crippen molar-refractivity contribution in [3.05, 3.63) is 89.8 Å². The van der Waals surface area contributed by atoms with Gasteiger partial charge in [0, 0.05) is 29.9 Å². The van der Waals surface area contributed by atoms with E-state index in [1.807, 2.05) is 66.3 Å². The van der Waals surface area contributed by atoms with Crippen LogP contribution < -0.4 is 10.6 Å². The molecule has 1 unspecified atom stereocenters. The fourth-order valence-corrected chi connectivity index (χ4v) is 4.29. The van der Waals surface area contributed by atoms with Crippen LogP contribution in [0.4, 0.5) is 10.6 Å². The number of urea groups is 1. The third-order valence-corrected chi connectivity index (χ3v) is 5.80. The van der Waals surface area contributed by atoms with Crippen molar-refractivity contribution in [1.29, 1.82) is 0 Å². The third-order valence-electron chi connectivity index (χ3n) is 5.80. The second-order valence-electron chi connectivity index (χ2n) is 8.28. The molecule has 1 aliphatic rings. The van der Waals surface area contributed by atoms with Crippen LogP contribution in [0.15, 0.2) is 67.1 Å². The van der Waals surface area contributed by atoms with Crippen molar-refractivity contribution in [3.8, 4) is 5.69 Å². The van der Waals surface area contributed by atoms with Crippen LogP contribution in [0.1, 0.15) is 28.7 Å². The summed E-state index contributed by atoms with van der Waals surface area (Å²) < 4.78 is 3.60. The normalized spacial score (nSPS) is 15.8. The summed E-state index contributed by atoms with van der Waals surface area (Å²) in [6.07, 6.45) is 5.94. The van der Waals surface area contributed by atoms with Gasteiger partial charge in [-0.25, -0.2) is 19.1 Å². The Balaban J connectivity index is 1.45. The molecule has 4 aromatic heterocycles. The highest BCUT2D eigenvalue weighted by molar-refractivity contribution is 5.92. The van der Waals surface area contributed by atoms with Crippen LogP contribution in [-0.2, 0) is 13.0 Å². The van der Waals surface area contributed by atoms with Crippen molar-refractivity contribution < 1.29 is 4.79 Å². The monoisotopic (exact) mass is 451 g/mol. The van der Waals surface area contributed by atoms with Crippen molar-refractivity contribution >= 4 is 22.8 Å². The molecule has 5 heterocycles. The topological polar surface area (TPSA) is 115 Å². The van der Waals surface area contributed by atoms with Gasteiger partial charge < -0.3 is 5.32 Å². The van der Waals surface area contributed by atoms with Gasteiger partial charge in [0.25, 0.3) is 0 Å². The lowest BCUT2D eigenvalue weighted by Crippen LogP contribution is -2.34. The molecule has 10 heteroatoms. The smallest absolute Gasteiger partial charge is 0.320 e. The van der Waals surface area contributed by atoms with Crippen LogP contribution in [0.25, 0.3) is 16.6 Å². The first-order valence-corrected chi connectivity index (χ1v) is 10.9. The van der Waals surface area contributed by atoms with E-state index in [1.54, 1.807) is 17.1 Å². The first kappa shape index (κ1) is 20.0. The van der Waals surface area contributed by atoms with E-state index in [0.29, 0.717) is 18.8 Å². The summed E-state index contributed by atoms with van der Waals surface area (Å²) in [5.74, 6) is 0.443. The molecule has 1 aliphatic heterocycles. The number of carbonyl (C=O) groups is 1. The van der Waals surface area contributed by atoms with Crippen molar-refractivity contribution in [2.45, 2.75) is 25.9 Å². The Hall–Kier alpha value is -4.60. The van der Waals surface area contributed by atoms with Gasteiger partial charge in [-0.15, -0.1) is 5.10 Å². The van der Waals surface area contributed by atoms with Crippen LogP contribution in [-0.4, -0.2) is 40.8 Å². The Morgan fingerprint density at radius 1 is 1.12 bits per heavy atom. The zero-order valence-electron chi connectivity index (χ0n) is 18.4. The maximum absolute atomic E-state index is 12.9. The van der Waals surface area contributed by atoms with Gasteiger partial charge in [-0.2, -0.15) is 5.10 Å². The first-order valence-electron chi connectivity index (χ1n) is 10.9. The summed E-state index contributed by atoms with van der Waals surface area (Å²) in [6, 6.07) is 14.9. The van der Waals surface area contributed by atoms with E-state index in [4.69, 9.17) is 4.98 Å². The fourth-order valence-electron chi connectivity index (χ4n) is 4.29. The minimum atomic E-state index is -0.336. The minimum Gasteiger partial charge on any atom is -0.331 e. The zero-order valence-corrected chi connectivity index (χ0v) is 18.4. The Labute approximate surface area is 194 Å². The molecule has 1 aromatic carbocycles. The zero-order chi connectivity index (χ0) is 23.1. The number of nitrogens with one attached hydrogen (secondary N) is 2. The highest BCUT2D eigenvalue weighted by Crippen LogP contribution is 2.26. The van der Waals surface area contributed by atoms with E-state index in [2.05, 4.69) is 31.0 Å². The van der Waals surface area contributed by atoms with Crippen molar-refractivity contribution in [3.63, 3.8) is 0 Å². The van der Waals surface area contributed by atoms with E-state index < -0.39 is 0 Å². The molecule has 10 nitrogen and oxygen atoms in total.